The Morgan fingerprint density at radius 3 is 2.09 bits per heavy atom. The van der Waals surface area contributed by atoms with Gasteiger partial charge >= 0.3 is 0 Å². The van der Waals surface area contributed by atoms with E-state index in [1.165, 1.54) is 10.4 Å². The molecule has 1 aliphatic heterocycles. The van der Waals surface area contributed by atoms with Crippen molar-refractivity contribution in [2.75, 3.05) is 20.3 Å². The normalized spacial score (nSPS) is 23.2. The van der Waals surface area contributed by atoms with Crippen LogP contribution < -0.4 is 10.4 Å². The van der Waals surface area contributed by atoms with Crippen LogP contribution in [0, 0.1) is 12.3 Å². The number of rotatable bonds is 8. The van der Waals surface area contributed by atoms with Crippen LogP contribution in [0.25, 0.3) is 0 Å². The Labute approximate surface area is 204 Å². The molecule has 4 nitrogen and oxygen atoms in total. The second-order valence-corrected chi connectivity index (χ2v) is 14.4. The summed E-state index contributed by atoms with van der Waals surface area (Å²) in [5.41, 5.74) is -0.827. The molecule has 0 N–H and O–H groups in total. The van der Waals surface area contributed by atoms with Crippen molar-refractivity contribution in [3.8, 4) is 12.3 Å². The first-order valence-corrected chi connectivity index (χ1v) is 13.5. The zero-order valence-electron chi connectivity index (χ0n) is 20.2. The topological polar surface area (TPSA) is 36.9 Å². The minimum absolute atomic E-state index is 0.158. The van der Waals surface area contributed by atoms with Crippen molar-refractivity contribution in [3.05, 3.63) is 60.7 Å². The van der Waals surface area contributed by atoms with E-state index in [0.717, 1.165) is 0 Å². The fraction of sp³-hybridized carbons (Fsp3) is 0.444. The molecule has 0 amide bonds. The summed E-state index contributed by atoms with van der Waals surface area (Å²) in [6.07, 6.45) is 5.43. The van der Waals surface area contributed by atoms with E-state index in [-0.39, 0.29) is 11.1 Å². The van der Waals surface area contributed by atoms with Gasteiger partial charge in [-0.15, -0.1) is 12.3 Å². The smallest absolute Gasteiger partial charge is 0.261 e. The summed E-state index contributed by atoms with van der Waals surface area (Å²) >= 11 is 5.18. The highest BCUT2D eigenvalue weighted by Crippen LogP contribution is 2.40. The van der Waals surface area contributed by atoms with Crippen LogP contribution in [0.3, 0.4) is 0 Å². The van der Waals surface area contributed by atoms with Crippen LogP contribution in [0.2, 0.25) is 5.04 Å². The summed E-state index contributed by atoms with van der Waals surface area (Å²) < 4.78 is 25.2. The number of benzene rings is 2. The molecule has 1 heterocycles. The van der Waals surface area contributed by atoms with Gasteiger partial charge in [0, 0.05) is 20.5 Å². The molecule has 6 heteroatoms. The Morgan fingerprint density at radius 2 is 1.67 bits per heavy atom. The molecule has 0 aromatic heterocycles. The molecule has 0 unspecified atom stereocenters. The van der Waals surface area contributed by atoms with Crippen molar-refractivity contribution < 1.29 is 18.6 Å². The summed E-state index contributed by atoms with van der Waals surface area (Å²) in [5, 5.41) is 2.70. The maximum absolute atomic E-state index is 7.14. The van der Waals surface area contributed by atoms with Gasteiger partial charge in [0.15, 0.2) is 11.2 Å². The van der Waals surface area contributed by atoms with Crippen LogP contribution >= 0.6 is 12.2 Å². The van der Waals surface area contributed by atoms with Crippen molar-refractivity contribution in [3.63, 3.8) is 0 Å². The van der Waals surface area contributed by atoms with E-state index in [9.17, 15) is 0 Å². The van der Waals surface area contributed by atoms with E-state index in [4.69, 9.17) is 37.3 Å². The van der Waals surface area contributed by atoms with Crippen LogP contribution in [-0.2, 0) is 18.6 Å². The molecule has 0 aliphatic carbocycles. The molecule has 0 spiro atoms. The molecule has 1 fully saturated rings. The lowest BCUT2D eigenvalue weighted by molar-refractivity contribution is -0.101. The number of methoxy groups -OCH3 is 1. The van der Waals surface area contributed by atoms with Gasteiger partial charge in [0.1, 0.15) is 11.7 Å². The van der Waals surface area contributed by atoms with Crippen LogP contribution in [-0.4, -0.2) is 51.5 Å². The van der Waals surface area contributed by atoms with Gasteiger partial charge in [0.25, 0.3) is 8.32 Å². The Morgan fingerprint density at radius 1 is 1.12 bits per heavy atom. The predicted octanol–water partition coefficient (Wildman–Crippen LogP) is 4.10. The Hall–Kier alpha value is -2.01. The van der Waals surface area contributed by atoms with Crippen LogP contribution in [0.4, 0.5) is 0 Å². The third kappa shape index (κ3) is 5.08. The summed E-state index contributed by atoms with van der Waals surface area (Å²) in [6, 6.07) is 21.0. The fourth-order valence-corrected chi connectivity index (χ4v) is 9.66. The number of hydrogen-bond acceptors (Lipinski definition) is 5. The molecule has 3 rings (SSSR count). The van der Waals surface area contributed by atoms with Gasteiger partial charge in [-0.25, -0.2) is 0 Å². The summed E-state index contributed by atoms with van der Waals surface area (Å²) in [5.74, 6) is 2.79. The highest BCUT2D eigenvalue weighted by atomic mass is 32.1. The van der Waals surface area contributed by atoms with Crippen molar-refractivity contribution in [1.82, 2.24) is 0 Å². The van der Waals surface area contributed by atoms with Gasteiger partial charge in [0.05, 0.1) is 13.2 Å². The summed E-state index contributed by atoms with van der Waals surface area (Å²) in [6.45, 7) is 9.13. The molecule has 2 aromatic carbocycles. The minimum atomic E-state index is -2.76. The van der Waals surface area contributed by atoms with Gasteiger partial charge < -0.3 is 18.6 Å². The quantitative estimate of drug-likeness (QED) is 0.322. The van der Waals surface area contributed by atoms with Gasteiger partial charge in [-0.05, 0) is 27.6 Å². The highest BCUT2D eigenvalue weighted by Gasteiger charge is 2.56. The molecule has 1 aliphatic rings. The second-order valence-electron chi connectivity index (χ2n) is 9.51. The Bertz CT molecular complexity index is 928. The first-order chi connectivity index (χ1) is 15.7. The van der Waals surface area contributed by atoms with Crippen LogP contribution in [0.15, 0.2) is 60.7 Å². The largest absolute Gasteiger partial charge is 0.479 e. The van der Waals surface area contributed by atoms with Crippen molar-refractivity contribution >= 4 is 36.0 Å². The minimum Gasteiger partial charge on any atom is -0.479 e. The molecule has 2 aromatic rings. The first-order valence-electron chi connectivity index (χ1n) is 11.2. The standard InChI is InChI=1S/C27H34O4SSi/c1-7-18-27(25(28-6)24(19-29-27)31-21(2)32)20-30-33(26(3,4)5,22-14-10-8-11-15-22)23-16-12-9-13-17-23/h1,8-17,24-25H,18-20H2,2-6H3/t24-,25-,27+/m0/s1. The monoisotopic (exact) mass is 482 g/mol. The fourth-order valence-electron chi connectivity index (χ4n) is 4.92. The van der Waals surface area contributed by atoms with Gasteiger partial charge in [0.2, 0.25) is 0 Å². The second kappa shape index (κ2) is 10.5. The summed E-state index contributed by atoms with van der Waals surface area (Å²) in [4.78, 5) is 0. The van der Waals surface area contributed by atoms with Gasteiger partial charge in [-0.1, -0.05) is 81.4 Å². The lowest BCUT2D eigenvalue weighted by Gasteiger charge is -2.45. The van der Waals surface area contributed by atoms with Crippen molar-refractivity contribution in [2.45, 2.75) is 57.0 Å². The van der Waals surface area contributed by atoms with E-state index in [2.05, 4.69) is 75.2 Å². The number of thiocarbonyl (C=S) groups is 1. The maximum atomic E-state index is 7.14. The molecule has 0 radical (unpaired) electrons. The van der Waals surface area contributed by atoms with E-state index in [0.29, 0.717) is 24.7 Å². The number of terminal acetylenes is 1. The number of ether oxygens (including phenoxy) is 3. The molecule has 0 bridgehead atoms. The zero-order valence-corrected chi connectivity index (χ0v) is 22.0. The lowest BCUT2D eigenvalue weighted by Crippen LogP contribution is -2.68. The molecule has 176 valence electrons. The average Bonchev–Trinajstić information content (AvgIpc) is 3.11. The van der Waals surface area contributed by atoms with E-state index in [1.54, 1.807) is 14.0 Å². The van der Waals surface area contributed by atoms with E-state index < -0.39 is 20.0 Å². The molecular formula is C27H34O4SSi. The zero-order chi connectivity index (χ0) is 24.1. The molecule has 0 saturated carbocycles. The molecular weight excluding hydrogens is 448 g/mol. The number of hydrogen-bond donors (Lipinski definition) is 0. The van der Waals surface area contributed by atoms with Crippen LogP contribution in [0.1, 0.15) is 34.1 Å². The Kier molecular flexibility index (Phi) is 8.15. The molecule has 33 heavy (non-hydrogen) atoms. The highest BCUT2D eigenvalue weighted by molar-refractivity contribution is 7.80. The first kappa shape index (κ1) is 25.6. The SMILES string of the molecule is C#CC[C@]1(CO[Si](c2ccccc2)(c2ccccc2)C(C)(C)C)OC[C@H](OC(C)=S)[C@@H]1OC. The third-order valence-electron chi connectivity index (χ3n) is 6.31. The van der Waals surface area contributed by atoms with Crippen molar-refractivity contribution in [2.24, 2.45) is 0 Å². The maximum Gasteiger partial charge on any atom is 0.261 e. The lowest BCUT2D eigenvalue weighted by atomic mass is 9.93. The van der Waals surface area contributed by atoms with Crippen LogP contribution in [0.5, 0.6) is 0 Å². The van der Waals surface area contributed by atoms with Gasteiger partial charge in [-0.2, -0.15) is 0 Å². The van der Waals surface area contributed by atoms with Crippen molar-refractivity contribution in [1.29, 1.82) is 0 Å². The Balaban J connectivity index is 2.08. The van der Waals surface area contributed by atoms with Gasteiger partial charge in [-0.3, -0.25) is 0 Å². The predicted molar refractivity (Wildman–Crippen MR) is 140 cm³/mol. The van der Waals surface area contributed by atoms with E-state index in [1.807, 2.05) is 12.1 Å². The average molecular weight is 483 g/mol. The van der Waals surface area contributed by atoms with E-state index >= 15 is 0 Å². The summed E-state index contributed by atoms with van der Waals surface area (Å²) in [7, 11) is -1.10. The third-order valence-corrected chi connectivity index (χ3v) is 11.4. The molecule has 1 saturated heterocycles. The molecule has 3 atom stereocenters.